The topological polar surface area (TPSA) is 74.7 Å². The van der Waals surface area contributed by atoms with Crippen molar-refractivity contribution in [3.8, 4) is 0 Å². The van der Waals surface area contributed by atoms with Crippen LogP contribution in [-0.4, -0.2) is 34.5 Å². The monoisotopic (exact) mass is 264 g/mol. The van der Waals surface area contributed by atoms with Gasteiger partial charge in [-0.05, 0) is 39.1 Å². The van der Waals surface area contributed by atoms with Crippen LogP contribution in [0.3, 0.4) is 0 Å². The van der Waals surface area contributed by atoms with Gasteiger partial charge in [0.25, 0.3) is 0 Å². The van der Waals surface area contributed by atoms with Gasteiger partial charge in [-0.1, -0.05) is 25.1 Å². The van der Waals surface area contributed by atoms with Gasteiger partial charge in [-0.2, -0.15) is 0 Å². The summed E-state index contributed by atoms with van der Waals surface area (Å²) in [5.74, 6) is 0.273. The molecule has 0 bridgehead atoms. The number of nitrogens with two attached hydrogens (primary N) is 1. The van der Waals surface area contributed by atoms with E-state index in [-0.39, 0.29) is 11.3 Å². The Labute approximate surface area is 115 Å². The van der Waals surface area contributed by atoms with Crippen molar-refractivity contribution in [2.24, 2.45) is 16.3 Å². The van der Waals surface area contributed by atoms with Gasteiger partial charge in [-0.15, -0.1) is 0 Å². The van der Waals surface area contributed by atoms with Gasteiger partial charge in [0.2, 0.25) is 0 Å². The lowest BCUT2D eigenvalue weighted by molar-refractivity contribution is 0.270. The van der Waals surface area contributed by atoms with Gasteiger partial charge in [-0.3, -0.25) is 4.98 Å². The van der Waals surface area contributed by atoms with Crippen LogP contribution in [0.2, 0.25) is 0 Å². The summed E-state index contributed by atoms with van der Waals surface area (Å²) in [6.45, 7) is 7.60. The summed E-state index contributed by atoms with van der Waals surface area (Å²) in [4.78, 5) is 6.67. The first-order valence-electron chi connectivity index (χ1n) is 6.44. The summed E-state index contributed by atoms with van der Waals surface area (Å²) in [7, 11) is 2.05. The summed E-state index contributed by atoms with van der Waals surface area (Å²) in [5, 5.41) is 11.8. The van der Waals surface area contributed by atoms with E-state index >= 15 is 0 Å². The average molecular weight is 264 g/mol. The molecular weight excluding hydrogens is 240 g/mol. The van der Waals surface area contributed by atoms with Crippen LogP contribution in [0.5, 0.6) is 0 Å². The third kappa shape index (κ3) is 4.87. The van der Waals surface area contributed by atoms with Crippen molar-refractivity contribution in [2.45, 2.75) is 33.7 Å². The smallest absolute Gasteiger partial charge is 0.144 e. The summed E-state index contributed by atoms with van der Waals surface area (Å²) in [6.07, 6.45) is 0.825. The summed E-state index contributed by atoms with van der Waals surface area (Å²) >= 11 is 0. The standard InChI is InChI=1S/C14H24N4O/c1-11-6-5-7-12(16-11)10-18(4)9-8-14(2,3)13(15)17-19/h5-7,19H,8-10H2,1-4H3,(H2,15,17). The first-order valence-corrected chi connectivity index (χ1v) is 6.44. The van der Waals surface area contributed by atoms with Gasteiger partial charge in [0.05, 0.1) is 5.69 Å². The van der Waals surface area contributed by atoms with Gasteiger partial charge < -0.3 is 15.8 Å². The van der Waals surface area contributed by atoms with Crippen LogP contribution in [0.4, 0.5) is 0 Å². The molecule has 5 nitrogen and oxygen atoms in total. The van der Waals surface area contributed by atoms with E-state index in [2.05, 4.69) is 15.0 Å². The van der Waals surface area contributed by atoms with Crippen LogP contribution in [0, 0.1) is 12.3 Å². The van der Waals surface area contributed by atoms with Crippen LogP contribution in [-0.2, 0) is 6.54 Å². The number of pyridine rings is 1. The Morgan fingerprint density at radius 3 is 2.74 bits per heavy atom. The second kappa shape index (κ2) is 6.52. The predicted octanol–water partition coefficient (Wildman–Crippen LogP) is 1.98. The highest BCUT2D eigenvalue weighted by Gasteiger charge is 2.23. The quantitative estimate of drug-likeness (QED) is 0.356. The molecule has 1 rings (SSSR count). The van der Waals surface area contributed by atoms with E-state index in [9.17, 15) is 0 Å². The van der Waals surface area contributed by atoms with Gasteiger partial charge in [0, 0.05) is 17.7 Å². The molecule has 0 saturated heterocycles. The number of hydrogen-bond donors (Lipinski definition) is 2. The molecule has 0 spiro atoms. The second-order valence-corrected chi connectivity index (χ2v) is 5.63. The van der Waals surface area contributed by atoms with E-state index in [1.54, 1.807) is 0 Å². The van der Waals surface area contributed by atoms with Crippen molar-refractivity contribution in [1.29, 1.82) is 0 Å². The molecule has 106 valence electrons. The Morgan fingerprint density at radius 1 is 1.47 bits per heavy atom. The molecule has 0 saturated carbocycles. The highest BCUT2D eigenvalue weighted by Crippen LogP contribution is 2.20. The zero-order chi connectivity index (χ0) is 14.5. The molecule has 0 unspecified atom stereocenters. The van der Waals surface area contributed by atoms with Crippen molar-refractivity contribution in [1.82, 2.24) is 9.88 Å². The number of hydrogen-bond acceptors (Lipinski definition) is 4. The Morgan fingerprint density at radius 2 is 2.16 bits per heavy atom. The van der Waals surface area contributed by atoms with Crippen molar-refractivity contribution in [3.63, 3.8) is 0 Å². The normalized spacial score (nSPS) is 13.0. The van der Waals surface area contributed by atoms with E-state index in [1.165, 1.54) is 0 Å². The number of aryl methyl sites for hydroxylation is 1. The molecule has 0 aliphatic rings. The molecule has 19 heavy (non-hydrogen) atoms. The van der Waals surface area contributed by atoms with Crippen LogP contribution in [0.15, 0.2) is 23.4 Å². The molecule has 0 aromatic carbocycles. The van der Waals surface area contributed by atoms with Crippen LogP contribution in [0.25, 0.3) is 0 Å². The molecule has 1 heterocycles. The lowest BCUT2D eigenvalue weighted by atomic mass is 9.88. The molecule has 0 fully saturated rings. The van der Waals surface area contributed by atoms with Crippen LogP contribution in [0.1, 0.15) is 31.7 Å². The van der Waals surface area contributed by atoms with Gasteiger partial charge in [0.15, 0.2) is 0 Å². The Balaban J connectivity index is 2.50. The van der Waals surface area contributed by atoms with Crippen molar-refractivity contribution in [2.75, 3.05) is 13.6 Å². The summed E-state index contributed by atoms with van der Waals surface area (Å²) in [5.41, 5.74) is 7.47. The highest BCUT2D eigenvalue weighted by molar-refractivity contribution is 5.85. The minimum atomic E-state index is -0.303. The molecule has 0 amide bonds. The Hall–Kier alpha value is -1.62. The fourth-order valence-corrected chi connectivity index (χ4v) is 1.78. The molecular formula is C14H24N4O. The van der Waals surface area contributed by atoms with Crippen molar-refractivity contribution in [3.05, 3.63) is 29.6 Å². The maximum atomic E-state index is 8.74. The number of amidine groups is 1. The Bertz CT molecular complexity index is 443. The fraction of sp³-hybridized carbons (Fsp3) is 0.571. The second-order valence-electron chi connectivity index (χ2n) is 5.63. The third-order valence-corrected chi connectivity index (χ3v) is 3.30. The van der Waals surface area contributed by atoms with Gasteiger partial charge in [0.1, 0.15) is 5.84 Å². The number of rotatable bonds is 6. The molecule has 1 aromatic heterocycles. The molecule has 0 radical (unpaired) electrons. The summed E-state index contributed by atoms with van der Waals surface area (Å²) < 4.78 is 0. The molecule has 0 aliphatic carbocycles. The number of nitrogens with zero attached hydrogens (tertiary/aromatic N) is 3. The fourth-order valence-electron chi connectivity index (χ4n) is 1.78. The highest BCUT2D eigenvalue weighted by atomic mass is 16.4. The third-order valence-electron chi connectivity index (χ3n) is 3.30. The maximum absolute atomic E-state index is 8.74. The van der Waals surface area contributed by atoms with E-state index in [0.717, 1.165) is 30.9 Å². The first kappa shape index (κ1) is 15.4. The van der Waals surface area contributed by atoms with E-state index in [1.807, 2.05) is 46.0 Å². The predicted molar refractivity (Wildman–Crippen MR) is 77.1 cm³/mol. The zero-order valence-corrected chi connectivity index (χ0v) is 12.2. The average Bonchev–Trinajstić information content (AvgIpc) is 2.35. The minimum Gasteiger partial charge on any atom is -0.409 e. The lowest BCUT2D eigenvalue weighted by Gasteiger charge is -2.26. The molecule has 1 aromatic rings. The van der Waals surface area contributed by atoms with Crippen molar-refractivity contribution < 1.29 is 5.21 Å². The molecule has 0 atom stereocenters. The van der Waals surface area contributed by atoms with Crippen LogP contribution >= 0.6 is 0 Å². The Kier molecular flexibility index (Phi) is 5.30. The van der Waals surface area contributed by atoms with Gasteiger partial charge >= 0.3 is 0 Å². The summed E-state index contributed by atoms with van der Waals surface area (Å²) in [6, 6.07) is 6.04. The zero-order valence-electron chi connectivity index (χ0n) is 12.2. The lowest BCUT2D eigenvalue weighted by Crippen LogP contribution is -2.35. The van der Waals surface area contributed by atoms with E-state index in [4.69, 9.17) is 10.9 Å². The number of oxime groups is 1. The van der Waals surface area contributed by atoms with Crippen LogP contribution < -0.4 is 5.73 Å². The molecule has 3 N–H and O–H groups in total. The van der Waals surface area contributed by atoms with Gasteiger partial charge in [-0.25, -0.2) is 0 Å². The molecule has 5 heteroatoms. The number of aromatic nitrogens is 1. The van der Waals surface area contributed by atoms with E-state index < -0.39 is 0 Å². The minimum absolute atomic E-state index is 0.273. The SMILES string of the molecule is Cc1cccc(CN(C)CCC(C)(C)C(N)=NO)n1. The largest absolute Gasteiger partial charge is 0.409 e. The maximum Gasteiger partial charge on any atom is 0.144 e. The first-order chi connectivity index (χ1) is 8.85. The van der Waals surface area contributed by atoms with Crippen molar-refractivity contribution >= 4 is 5.84 Å². The van der Waals surface area contributed by atoms with E-state index in [0.29, 0.717) is 0 Å². The molecule has 0 aliphatic heterocycles.